The van der Waals surface area contributed by atoms with Crippen LogP contribution >= 0.6 is 11.3 Å². The summed E-state index contributed by atoms with van der Waals surface area (Å²) in [5, 5.41) is 5.10. The molecule has 0 amide bonds. The number of ether oxygens (including phenoxy) is 1. The molecule has 1 aromatic carbocycles. The van der Waals surface area contributed by atoms with Crippen molar-refractivity contribution in [1.82, 2.24) is 5.32 Å². The molecule has 1 fully saturated rings. The standard InChI is InChI=1S/C18H17NO2S/c1-10(20)21-11-6-7-18-14(8-11)16(18)19-9-13-12-4-2-3-5-15(12)22-17(13)18/h2-7,11,14,16,19H,8-9H2,1H3/t11-,14-,16?,18+/m1/s1. The first-order valence-electron chi connectivity index (χ1n) is 7.81. The number of carbonyl (C=O) groups excluding carboxylic acids is 1. The van der Waals surface area contributed by atoms with Crippen molar-refractivity contribution < 1.29 is 9.53 Å². The minimum absolute atomic E-state index is 0.0571. The lowest BCUT2D eigenvalue weighted by Crippen LogP contribution is -2.29. The van der Waals surface area contributed by atoms with E-state index in [2.05, 4.69) is 41.7 Å². The number of thiophene rings is 1. The Morgan fingerprint density at radius 3 is 3.14 bits per heavy atom. The predicted molar refractivity (Wildman–Crippen MR) is 86.9 cm³/mol. The SMILES string of the molecule is CC(=O)O[C@@H]1C=C[C@@]23c4sc5ccccc5c4CNC2[C@H]3C1. The van der Waals surface area contributed by atoms with E-state index in [9.17, 15) is 4.79 Å². The van der Waals surface area contributed by atoms with E-state index >= 15 is 0 Å². The average Bonchev–Trinajstić information content (AvgIpc) is 3.01. The van der Waals surface area contributed by atoms with Gasteiger partial charge in [-0.25, -0.2) is 0 Å². The normalized spacial score (nSPS) is 34.7. The van der Waals surface area contributed by atoms with Crippen LogP contribution in [-0.2, 0) is 21.5 Å². The molecule has 5 rings (SSSR count). The molecule has 3 nitrogen and oxygen atoms in total. The Morgan fingerprint density at radius 1 is 1.41 bits per heavy atom. The Labute approximate surface area is 133 Å². The van der Waals surface area contributed by atoms with Crippen molar-refractivity contribution in [2.24, 2.45) is 5.92 Å². The molecule has 1 spiro atoms. The van der Waals surface area contributed by atoms with E-state index in [1.165, 1.54) is 27.5 Å². The molecule has 2 aromatic rings. The molecule has 1 saturated carbocycles. The van der Waals surface area contributed by atoms with E-state index in [4.69, 9.17) is 4.74 Å². The number of hydrogen-bond donors (Lipinski definition) is 1. The second-order valence-corrected chi connectivity index (χ2v) is 7.60. The molecule has 1 N–H and O–H groups in total. The molecular weight excluding hydrogens is 294 g/mol. The van der Waals surface area contributed by atoms with Crippen molar-refractivity contribution in [3.05, 3.63) is 46.9 Å². The van der Waals surface area contributed by atoms with Crippen LogP contribution in [0.2, 0.25) is 0 Å². The largest absolute Gasteiger partial charge is 0.458 e. The van der Waals surface area contributed by atoms with Crippen LogP contribution in [0.1, 0.15) is 23.8 Å². The van der Waals surface area contributed by atoms with Gasteiger partial charge in [0.2, 0.25) is 0 Å². The van der Waals surface area contributed by atoms with Crippen LogP contribution in [0.25, 0.3) is 10.1 Å². The maximum absolute atomic E-state index is 11.2. The maximum atomic E-state index is 11.2. The zero-order chi connectivity index (χ0) is 14.9. The summed E-state index contributed by atoms with van der Waals surface area (Å²) in [5.74, 6) is 0.362. The third-order valence-corrected chi connectivity index (χ3v) is 6.78. The first-order chi connectivity index (χ1) is 10.7. The highest BCUT2D eigenvalue weighted by atomic mass is 32.1. The van der Waals surface area contributed by atoms with Crippen molar-refractivity contribution in [3.63, 3.8) is 0 Å². The molecule has 112 valence electrons. The molecule has 4 atom stereocenters. The Bertz CT molecular complexity index is 824. The summed E-state index contributed by atoms with van der Waals surface area (Å²) >= 11 is 1.94. The Balaban J connectivity index is 1.60. The fourth-order valence-electron chi connectivity index (χ4n) is 4.47. The lowest BCUT2D eigenvalue weighted by Gasteiger charge is -2.24. The molecule has 3 aliphatic rings. The summed E-state index contributed by atoms with van der Waals surface area (Å²) in [6, 6.07) is 9.19. The van der Waals surface area contributed by atoms with Crippen molar-refractivity contribution in [2.45, 2.75) is 37.5 Å². The minimum atomic E-state index is -0.190. The average molecular weight is 311 g/mol. The molecule has 2 aliphatic carbocycles. The molecular formula is C18H17NO2S. The van der Waals surface area contributed by atoms with Gasteiger partial charge in [-0.3, -0.25) is 4.79 Å². The molecule has 2 heterocycles. The lowest BCUT2D eigenvalue weighted by atomic mass is 9.88. The predicted octanol–water partition coefficient (Wildman–Crippen LogP) is 3.13. The topological polar surface area (TPSA) is 38.3 Å². The van der Waals surface area contributed by atoms with Gasteiger partial charge in [-0.1, -0.05) is 24.3 Å². The summed E-state index contributed by atoms with van der Waals surface area (Å²) in [5.41, 5.74) is 1.61. The fraction of sp³-hybridized carbons (Fsp3) is 0.389. The lowest BCUT2D eigenvalue weighted by molar-refractivity contribution is -0.144. The van der Waals surface area contributed by atoms with Crippen LogP contribution in [0.4, 0.5) is 0 Å². The van der Waals surface area contributed by atoms with Crippen LogP contribution in [0.5, 0.6) is 0 Å². The molecule has 1 aliphatic heterocycles. The number of esters is 1. The third-order valence-electron chi connectivity index (χ3n) is 5.40. The molecule has 22 heavy (non-hydrogen) atoms. The number of fused-ring (bicyclic) bond motifs is 4. The van der Waals surface area contributed by atoms with Gasteiger partial charge in [0.25, 0.3) is 0 Å². The Morgan fingerprint density at radius 2 is 2.27 bits per heavy atom. The smallest absolute Gasteiger partial charge is 0.303 e. The van der Waals surface area contributed by atoms with Gasteiger partial charge in [0, 0.05) is 34.5 Å². The van der Waals surface area contributed by atoms with E-state index in [0.717, 1.165) is 13.0 Å². The summed E-state index contributed by atoms with van der Waals surface area (Å²) < 4.78 is 6.77. The van der Waals surface area contributed by atoms with E-state index in [1.807, 2.05) is 11.3 Å². The van der Waals surface area contributed by atoms with E-state index < -0.39 is 0 Å². The molecule has 0 bridgehead atoms. The highest BCUT2D eigenvalue weighted by molar-refractivity contribution is 7.19. The van der Waals surface area contributed by atoms with Gasteiger partial charge >= 0.3 is 5.97 Å². The maximum Gasteiger partial charge on any atom is 0.303 e. The van der Waals surface area contributed by atoms with Gasteiger partial charge in [-0.05, 0) is 35.4 Å². The Hall–Kier alpha value is -1.65. The van der Waals surface area contributed by atoms with Crippen LogP contribution in [-0.4, -0.2) is 18.1 Å². The van der Waals surface area contributed by atoms with Gasteiger partial charge in [-0.2, -0.15) is 0 Å². The number of nitrogens with one attached hydrogen (secondary N) is 1. The van der Waals surface area contributed by atoms with Gasteiger partial charge in [0.15, 0.2) is 0 Å². The van der Waals surface area contributed by atoms with Gasteiger partial charge in [0.05, 0.1) is 0 Å². The second kappa shape index (κ2) is 4.21. The number of hydrogen-bond acceptors (Lipinski definition) is 4. The van der Waals surface area contributed by atoms with E-state index in [1.54, 1.807) is 0 Å². The van der Waals surface area contributed by atoms with Crippen LogP contribution in [0.15, 0.2) is 36.4 Å². The first kappa shape index (κ1) is 12.9. The summed E-state index contributed by atoms with van der Waals surface area (Å²) in [6.45, 7) is 2.44. The molecule has 1 aromatic heterocycles. The summed E-state index contributed by atoms with van der Waals surface area (Å²) in [4.78, 5) is 12.7. The van der Waals surface area contributed by atoms with E-state index in [0.29, 0.717) is 12.0 Å². The highest BCUT2D eigenvalue weighted by Crippen LogP contribution is 2.64. The third kappa shape index (κ3) is 1.52. The zero-order valence-corrected chi connectivity index (χ0v) is 13.2. The molecule has 1 unspecified atom stereocenters. The Kier molecular flexibility index (Phi) is 2.46. The fourth-order valence-corrected chi connectivity index (χ4v) is 5.96. The molecule has 0 radical (unpaired) electrons. The van der Waals surface area contributed by atoms with Crippen molar-refractivity contribution >= 4 is 27.4 Å². The number of rotatable bonds is 1. The summed E-state index contributed by atoms with van der Waals surface area (Å²) in [7, 11) is 0. The highest BCUT2D eigenvalue weighted by Gasteiger charge is 2.68. The number of carbonyl (C=O) groups is 1. The quantitative estimate of drug-likeness (QED) is 0.649. The molecule has 4 heteroatoms. The van der Waals surface area contributed by atoms with Crippen molar-refractivity contribution in [3.8, 4) is 0 Å². The van der Waals surface area contributed by atoms with Crippen molar-refractivity contribution in [2.75, 3.05) is 0 Å². The summed E-state index contributed by atoms with van der Waals surface area (Å²) in [6.07, 6.45) is 5.28. The van der Waals surface area contributed by atoms with Crippen LogP contribution in [0, 0.1) is 5.92 Å². The van der Waals surface area contributed by atoms with E-state index in [-0.39, 0.29) is 17.5 Å². The zero-order valence-electron chi connectivity index (χ0n) is 12.3. The van der Waals surface area contributed by atoms with Crippen molar-refractivity contribution in [1.29, 1.82) is 0 Å². The van der Waals surface area contributed by atoms with Crippen LogP contribution in [0.3, 0.4) is 0 Å². The van der Waals surface area contributed by atoms with Gasteiger partial charge < -0.3 is 10.1 Å². The molecule has 0 saturated heterocycles. The van der Waals surface area contributed by atoms with Gasteiger partial charge in [-0.15, -0.1) is 11.3 Å². The monoisotopic (exact) mass is 311 g/mol. The number of benzene rings is 1. The minimum Gasteiger partial charge on any atom is -0.458 e. The van der Waals surface area contributed by atoms with Gasteiger partial charge in [0.1, 0.15) is 6.10 Å². The first-order valence-corrected chi connectivity index (χ1v) is 8.62. The second-order valence-electron chi connectivity index (χ2n) is 6.55. The van der Waals surface area contributed by atoms with Crippen LogP contribution < -0.4 is 5.32 Å².